The number of anilines is 1. The first-order valence-corrected chi connectivity index (χ1v) is 7.19. The molecule has 0 unspecified atom stereocenters. The van der Waals surface area contributed by atoms with Crippen LogP contribution < -0.4 is 4.81 Å². The molecule has 5 nitrogen and oxygen atoms in total. The normalized spacial score (nSPS) is 10.1. The Kier molecular flexibility index (Phi) is 5.37. The number of aromatic nitrogens is 1. The Labute approximate surface area is 136 Å². The second-order valence-electron chi connectivity index (χ2n) is 5.19. The zero-order valence-corrected chi connectivity index (χ0v) is 12.9. The molecule has 6 heteroatoms. The minimum atomic E-state index is 0.109. The predicted octanol–water partition coefficient (Wildman–Crippen LogP) is 2.19. The van der Waals surface area contributed by atoms with Crippen molar-refractivity contribution < 1.29 is 9.90 Å². The summed E-state index contributed by atoms with van der Waals surface area (Å²) in [5.74, 6) is 0.109. The zero-order valence-electron chi connectivity index (χ0n) is 12.9. The number of hydrogen-bond acceptors (Lipinski definition) is 5. The number of aromatic hydroxyl groups is 1. The molecule has 23 heavy (non-hydrogen) atoms. The molecule has 2 radical (unpaired) electrons. The van der Waals surface area contributed by atoms with E-state index in [1.807, 2.05) is 0 Å². The maximum atomic E-state index is 10.6. The summed E-state index contributed by atoms with van der Waals surface area (Å²) in [5, 5.41) is 19.0. The van der Waals surface area contributed by atoms with Crippen LogP contribution in [0.5, 0.6) is 5.75 Å². The van der Waals surface area contributed by atoms with E-state index in [-0.39, 0.29) is 5.75 Å². The molecule has 0 aliphatic rings. The highest BCUT2D eigenvalue weighted by Gasteiger charge is 2.13. The van der Waals surface area contributed by atoms with Crippen LogP contribution in [0.3, 0.4) is 0 Å². The summed E-state index contributed by atoms with van der Waals surface area (Å²) in [7, 11) is 6.08. The van der Waals surface area contributed by atoms with Crippen molar-refractivity contribution in [1.29, 1.82) is 5.26 Å². The number of carbonyl (C=O) groups excluding carboxylic acids is 1. The van der Waals surface area contributed by atoms with Gasteiger partial charge in [-0.15, -0.1) is 0 Å². The third-order valence-electron chi connectivity index (χ3n) is 3.61. The molecule has 1 aromatic heterocycles. The van der Waals surface area contributed by atoms with Gasteiger partial charge in [-0.3, -0.25) is 4.98 Å². The van der Waals surface area contributed by atoms with E-state index in [4.69, 9.17) is 13.2 Å². The molecule has 0 fully saturated rings. The zero-order chi connectivity index (χ0) is 16.8. The number of nitrogens with zero attached hydrogens (tertiary/aromatic N) is 3. The van der Waals surface area contributed by atoms with Crippen molar-refractivity contribution in [1.82, 2.24) is 4.98 Å². The maximum Gasteiger partial charge on any atom is 0.227 e. The average Bonchev–Trinajstić information content (AvgIpc) is 2.58. The van der Waals surface area contributed by atoms with Crippen LogP contribution in [-0.2, 0) is 17.8 Å². The number of nitriles is 1. The van der Waals surface area contributed by atoms with E-state index in [1.165, 1.54) is 4.81 Å². The smallest absolute Gasteiger partial charge is 0.227 e. The molecule has 1 N–H and O–H groups in total. The molecular formula is C17H16BN3O2. The molecule has 1 heterocycles. The van der Waals surface area contributed by atoms with E-state index in [1.54, 1.807) is 37.4 Å². The van der Waals surface area contributed by atoms with Crippen molar-refractivity contribution in [2.24, 2.45) is 0 Å². The molecular weight excluding hydrogens is 289 g/mol. The number of rotatable bonds is 6. The quantitative estimate of drug-likeness (QED) is 0.654. The lowest BCUT2D eigenvalue weighted by Crippen LogP contribution is -2.19. The summed E-state index contributed by atoms with van der Waals surface area (Å²) in [5.41, 5.74) is 3.28. The lowest BCUT2D eigenvalue weighted by atomic mass is 10.0. The fraction of sp³-hybridized carbons (Fsp3) is 0.235. The molecule has 0 saturated heterocycles. The Bertz CT molecular complexity index is 739. The number of carbonyl (C=O) groups is 1. The third kappa shape index (κ3) is 3.89. The van der Waals surface area contributed by atoms with Gasteiger partial charge in [0.2, 0.25) is 7.98 Å². The van der Waals surface area contributed by atoms with Gasteiger partial charge in [0, 0.05) is 30.4 Å². The van der Waals surface area contributed by atoms with Gasteiger partial charge in [-0.05, 0) is 43.2 Å². The molecule has 0 atom stereocenters. The number of aryl methyl sites for hydroxylation is 1. The average molecular weight is 305 g/mol. The second kappa shape index (κ2) is 7.46. The highest BCUT2D eigenvalue weighted by atomic mass is 16.3. The van der Waals surface area contributed by atoms with Gasteiger partial charge in [0.25, 0.3) is 0 Å². The van der Waals surface area contributed by atoms with Crippen molar-refractivity contribution >= 4 is 20.0 Å². The maximum absolute atomic E-state index is 10.6. The second-order valence-corrected chi connectivity index (χ2v) is 5.19. The van der Waals surface area contributed by atoms with Crippen molar-refractivity contribution in [2.75, 3.05) is 4.81 Å². The Balaban J connectivity index is 2.25. The molecule has 0 spiro atoms. The van der Waals surface area contributed by atoms with Crippen LogP contribution in [-0.4, -0.2) is 24.4 Å². The summed E-state index contributed by atoms with van der Waals surface area (Å²) >= 11 is 0. The van der Waals surface area contributed by atoms with E-state index in [2.05, 4.69) is 11.1 Å². The Morgan fingerprint density at radius 3 is 2.70 bits per heavy atom. The third-order valence-corrected chi connectivity index (χ3v) is 3.61. The van der Waals surface area contributed by atoms with Crippen molar-refractivity contribution in [3.63, 3.8) is 0 Å². The van der Waals surface area contributed by atoms with Crippen LogP contribution >= 0.6 is 0 Å². The molecule has 0 saturated carbocycles. The summed E-state index contributed by atoms with van der Waals surface area (Å²) in [6, 6.07) is 8.94. The first-order valence-electron chi connectivity index (χ1n) is 7.19. The van der Waals surface area contributed by atoms with Crippen LogP contribution in [0.4, 0.5) is 5.69 Å². The number of aldehydes is 1. The van der Waals surface area contributed by atoms with E-state index >= 15 is 0 Å². The van der Waals surface area contributed by atoms with Crippen LogP contribution in [0.15, 0.2) is 30.5 Å². The fourth-order valence-electron chi connectivity index (χ4n) is 2.30. The highest BCUT2D eigenvalue weighted by molar-refractivity contribution is 6.17. The van der Waals surface area contributed by atoms with Crippen LogP contribution in [0.25, 0.3) is 0 Å². The largest absolute Gasteiger partial charge is 0.506 e. The number of benzene rings is 1. The fourth-order valence-corrected chi connectivity index (χ4v) is 2.30. The topological polar surface area (TPSA) is 77.2 Å². The summed E-state index contributed by atoms with van der Waals surface area (Å²) in [6.07, 6.45) is 3.25. The van der Waals surface area contributed by atoms with Gasteiger partial charge in [0.1, 0.15) is 12.0 Å². The molecule has 0 aliphatic heterocycles. The molecule has 0 bridgehead atoms. The standard InChI is InChI=1S/C17H16BN3O2/c1-12-17(23)16(3-2-8-22)14(10-20-12)11-21(18)15-6-4-13(9-19)5-7-15/h4-8,10,23H,2-3,11H2,1H3. The van der Waals surface area contributed by atoms with Gasteiger partial charge in [0.15, 0.2) is 0 Å². The van der Waals surface area contributed by atoms with E-state index in [0.717, 1.165) is 17.5 Å². The lowest BCUT2D eigenvalue weighted by molar-refractivity contribution is -0.107. The molecule has 2 rings (SSSR count). The van der Waals surface area contributed by atoms with Crippen molar-refractivity contribution in [3.8, 4) is 11.8 Å². The Morgan fingerprint density at radius 1 is 1.39 bits per heavy atom. The monoisotopic (exact) mass is 305 g/mol. The lowest BCUT2D eigenvalue weighted by Gasteiger charge is -2.22. The molecule has 2 aromatic rings. The molecule has 0 aliphatic carbocycles. The van der Waals surface area contributed by atoms with E-state index in [9.17, 15) is 9.90 Å². The first-order chi connectivity index (χ1) is 11.1. The number of hydrogen-bond donors (Lipinski definition) is 1. The molecule has 1 aromatic carbocycles. The molecule has 114 valence electrons. The summed E-state index contributed by atoms with van der Waals surface area (Å²) < 4.78 is 0. The van der Waals surface area contributed by atoms with E-state index < -0.39 is 0 Å². The van der Waals surface area contributed by atoms with Gasteiger partial charge >= 0.3 is 0 Å². The Hall–Kier alpha value is -2.81. The SMILES string of the molecule is [B]N(Cc1cnc(C)c(O)c1CCC=O)c1ccc(C#N)cc1. The summed E-state index contributed by atoms with van der Waals surface area (Å²) in [6.45, 7) is 2.05. The van der Waals surface area contributed by atoms with Crippen LogP contribution in [0.1, 0.15) is 28.8 Å². The minimum Gasteiger partial charge on any atom is -0.506 e. The first kappa shape index (κ1) is 16.6. The Morgan fingerprint density at radius 2 is 2.09 bits per heavy atom. The summed E-state index contributed by atoms with van der Waals surface area (Å²) in [4.78, 5) is 16.3. The van der Waals surface area contributed by atoms with Crippen molar-refractivity contribution in [2.45, 2.75) is 26.3 Å². The highest BCUT2D eigenvalue weighted by Crippen LogP contribution is 2.27. The van der Waals surface area contributed by atoms with Gasteiger partial charge in [0.05, 0.1) is 17.3 Å². The minimum absolute atomic E-state index is 0.109. The molecule has 0 amide bonds. The predicted molar refractivity (Wildman–Crippen MR) is 88.1 cm³/mol. The van der Waals surface area contributed by atoms with E-state index in [0.29, 0.717) is 36.2 Å². The van der Waals surface area contributed by atoms with Gasteiger partial charge in [-0.2, -0.15) is 5.26 Å². The van der Waals surface area contributed by atoms with Crippen molar-refractivity contribution in [3.05, 3.63) is 52.8 Å². The van der Waals surface area contributed by atoms with Crippen LogP contribution in [0.2, 0.25) is 0 Å². The van der Waals surface area contributed by atoms with Gasteiger partial charge < -0.3 is 14.7 Å². The van der Waals surface area contributed by atoms with Crippen LogP contribution in [0, 0.1) is 18.3 Å². The number of pyridine rings is 1. The van der Waals surface area contributed by atoms with Gasteiger partial charge in [-0.1, -0.05) is 0 Å². The van der Waals surface area contributed by atoms with Gasteiger partial charge in [-0.25, -0.2) is 0 Å².